The SMILES string of the molecule is C1CCOOCOC1. The molecule has 1 fully saturated rings. The molecule has 0 N–H and O–H groups in total. The molecule has 1 saturated heterocycles. The Kier molecular flexibility index (Phi) is 2.88. The first-order chi connectivity index (χ1) is 4.00. The summed E-state index contributed by atoms with van der Waals surface area (Å²) in [4.78, 5) is 9.20. The minimum Gasteiger partial charge on any atom is -0.352 e. The lowest BCUT2D eigenvalue weighted by Gasteiger charge is -2.08. The highest BCUT2D eigenvalue weighted by Gasteiger charge is 1.95. The van der Waals surface area contributed by atoms with E-state index in [1.54, 1.807) is 0 Å². The maximum Gasteiger partial charge on any atom is 0.180 e. The van der Waals surface area contributed by atoms with Gasteiger partial charge >= 0.3 is 0 Å². The first kappa shape index (κ1) is 6.01. The number of hydrogen-bond acceptors (Lipinski definition) is 3. The summed E-state index contributed by atoms with van der Waals surface area (Å²) in [5, 5.41) is 0. The van der Waals surface area contributed by atoms with Gasteiger partial charge in [-0.25, -0.2) is 9.78 Å². The third-order valence-electron chi connectivity index (χ3n) is 0.981. The molecule has 0 spiro atoms. The van der Waals surface area contributed by atoms with Gasteiger partial charge in [0.05, 0.1) is 6.61 Å². The molecule has 0 amide bonds. The van der Waals surface area contributed by atoms with E-state index in [9.17, 15) is 0 Å². The average molecular weight is 118 g/mol. The van der Waals surface area contributed by atoms with Crippen LogP contribution in [0.1, 0.15) is 12.8 Å². The lowest BCUT2D eigenvalue weighted by atomic mass is 10.3. The highest BCUT2D eigenvalue weighted by Crippen LogP contribution is 1.95. The Hall–Kier alpha value is -0.120. The summed E-state index contributed by atoms with van der Waals surface area (Å²) < 4.78 is 4.93. The van der Waals surface area contributed by atoms with Gasteiger partial charge in [0.25, 0.3) is 0 Å². The molecule has 1 aliphatic rings. The topological polar surface area (TPSA) is 27.7 Å². The molecule has 0 saturated carbocycles. The summed E-state index contributed by atoms with van der Waals surface area (Å²) in [5.74, 6) is 0. The second kappa shape index (κ2) is 3.83. The molecule has 0 bridgehead atoms. The van der Waals surface area contributed by atoms with Gasteiger partial charge in [0.2, 0.25) is 0 Å². The first-order valence-electron chi connectivity index (χ1n) is 2.82. The van der Waals surface area contributed by atoms with Gasteiger partial charge in [0.15, 0.2) is 6.79 Å². The van der Waals surface area contributed by atoms with Crippen LogP contribution in [-0.2, 0) is 14.5 Å². The van der Waals surface area contributed by atoms with Crippen molar-refractivity contribution in [3.05, 3.63) is 0 Å². The molecule has 3 nitrogen and oxygen atoms in total. The summed E-state index contributed by atoms with van der Waals surface area (Å²) in [7, 11) is 0. The summed E-state index contributed by atoms with van der Waals surface area (Å²) in [6.45, 7) is 1.77. The van der Waals surface area contributed by atoms with Crippen molar-refractivity contribution in [1.82, 2.24) is 0 Å². The minimum absolute atomic E-state index is 0.278. The highest BCUT2D eigenvalue weighted by molar-refractivity contribution is 4.35. The second-order valence-corrected chi connectivity index (χ2v) is 1.67. The predicted octanol–water partition coefficient (Wildman–Crippen LogP) is 0.703. The van der Waals surface area contributed by atoms with E-state index in [1.807, 2.05) is 0 Å². The predicted molar refractivity (Wildman–Crippen MR) is 27.1 cm³/mol. The monoisotopic (exact) mass is 118 g/mol. The van der Waals surface area contributed by atoms with Gasteiger partial charge in [0.1, 0.15) is 0 Å². The van der Waals surface area contributed by atoms with Crippen molar-refractivity contribution in [1.29, 1.82) is 0 Å². The van der Waals surface area contributed by atoms with Crippen molar-refractivity contribution < 1.29 is 14.5 Å². The molecule has 8 heavy (non-hydrogen) atoms. The Morgan fingerprint density at radius 2 is 1.75 bits per heavy atom. The Bertz CT molecular complexity index is 31.6. The molecular weight excluding hydrogens is 108 g/mol. The van der Waals surface area contributed by atoms with Crippen molar-refractivity contribution in [2.75, 3.05) is 20.0 Å². The van der Waals surface area contributed by atoms with Gasteiger partial charge in [0, 0.05) is 6.61 Å². The van der Waals surface area contributed by atoms with Crippen LogP contribution in [0.5, 0.6) is 0 Å². The molecule has 0 radical (unpaired) electrons. The van der Waals surface area contributed by atoms with E-state index in [-0.39, 0.29) is 6.79 Å². The Morgan fingerprint density at radius 3 is 2.75 bits per heavy atom. The fourth-order valence-corrected chi connectivity index (χ4v) is 0.551. The van der Waals surface area contributed by atoms with E-state index in [1.165, 1.54) is 0 Å². The molecule has 48 valence electrons. The fourth-order valence-electron chi connectivity index (χ4n) is 0.551. The molecule has 0 aromatic heterocycles. The number of ether oxygens (including phenoxy) is 1. The number of rotatable bonds is 0. The molecule has 0 aromatic rings. The van der Waals surface area contributed by atoms with Crippen LogP contribution >= 0.6 is 0 Å². The normalized spacial score (nSPS) is 24.0. The van der Waals surface area contributed by atoms with Crippen molar-refractivity contribution in [2.45, 2.75) is 12.8 Å². The van der Waals surface area contributed by atoms with Crippen LogP contribution in [0, 0.1) is 0 Å². The van der Waals surface area contributed by atoms with E-state index in [4.69, 9.17) is 4.74 Å². The standard InChI is InChI=1S/C5H10O3/c1-2-4-7-8-5-6-3-1/h1-5H2. The smallest absolute Gasteiger partial charge is 0.180 e. The summed E-state index contributed by atoms with van der Waals surface area (Å²) in [5.41, 5.74) is 0. The molecule has 0 atom stereocenters. The number of hydrogen-bond donors (Lipinski definition) is 0. The zero-order chi connectivity index (χ0) is 5.66. The molecule has 0 unspecified atom stereocenters. The van der Waals surface area contributed by atoms with E-state index in [0.29, 0.717) is 6.61 Å². The quantitative estimate of drug-likeness (QED) is 0.438. The van der Waals surface area contributed by atoms with Crippen molar-refractivity contribution in [2.24, 2.45) is 0 Å². The van der Waals surface area contributed by atoms with Gasteiger partial charge < -0.3 is 4.74 Å². The van der Waals surface area contributed by atoms with Gasteiger partial charge in [-0.05, 0) is 12.8 Å². The molecule has 1 aliphatic heterocycles. The van der Waals surface area contributed by atoms with Gasteiger partial charge in [-0.1, -0.05) is 0 Å². The van der Waals surface area contributed by atoms with E-state index < -0.39 is 0 Å². The zero-order valence-corrected chi connectivity index (χ0v) is 4.76. The van der Waals surface area contributed by atoms with E-state index in [0.717, 1.165) is 19.4 Å². The largest absolute Gasteiger partial charge is 0.352 e. The van der Waals surface area contributed by atoms with Crippen LogP contribution < -0.4 is 0 Å². The molecule has 1 heterocycles. The van der Waals surface area contributed by atoms with Crippen molar-refractivity contribution in [3.63, 3.8) is 0 Å². The third kappa shape index (κ3) is 2.26. The Balaban J connectivity index is 2.00. The molecule has 1 rings (SSSR count). The highest BCUT2D eigenvalue weighted by atomic mass is 17.2. The van der Waals surface area contributed by atoms with Crippen LogP contribution in [0.15, 0.2) is 0 Å². The maximum absolute atomic E-state index is 4.93. The lowest BCUT2D eigenvalue weighted by Crippen LogP contribution is -2.08. The molecule has 3 heteroatoms. The zero-order valence-electron chi connectivity index (χ0n) is 4.76. The lowest BCUT2D eigenvalue weighted by molar-refractivity contribution is -0.343. The fraction of sp³-hybridized carbons (Fsp3) is 1.00. The second-order valence-electron chi connectivity index (χ2n) is 1.67. The van der Waals surface area contributed by atoms with E-state index >= 15 is 0 Å². The van der Waals surface area contributed by atoms with Crippen LogP contribution in [0.4, 0.5) is 0 Å². The molecule has 0 aromatic carbocycles. The third-order valence-corrected chi connectivity index (χ3v) is 0.981. The minimum atomic E-state index is 0.278. The average Bonchev–Trinajstić information content (AvgIpc) is 1.62. The maximum atomic E-state index is 4.93. The molecule has 0 aliphatic carbocycles. The van der Waals surface area contributed by atoms with Crippen LogP contribution in [-0.4, -0.2) is 20.0 Å². The Morgan fingerprint density at radius 1 is 0.875 bits per heavy atom. The van der Waals surface area contributed by atoms with Crippen LogP contribution in [0.25, 0.3) is 0 Å². The van der Waals surface area contributed by atoms with Gasteiger partial charge in [-0.15, -0.1) is 0 Å². The van der Waals surface area contributed by atoms with Gasteiger partial charge in [-0.2, -0.15) is 0 Å². The summed E-state index contributed by atoms with van der Waals surface area (Å²) >= 11 is 0. The van der Waals surface area contributed by atoms with Crippen molar-refractivity contribution in [3.8, 4) is 0 Å². The van der Waals surface area contributed by atoms with Crippen molar-refractivity contribution >= 4 is 0 Å². The Labute approximate surface area is 48.5 Å². The first-order valence-corrected chi connectivity index (χ1v) is 2.82. The summed E-state index contributed by atoms with van der Waals surface area (Å²) in [6.07, 6.45) is 2.10. The van der Waals surface area contributed by atoms with Crippen LogP contribution in [0.2, 0.25) is 0 Å². The summed E-state index contributed by atoms with van der Waals surface area (Å²) in [6, 6.07) is 0. The van der Waals surface area contributed by atoms with Crippen LogP contribution in [0.3, 0.4) is 0 Å². The van der Waals surface area contributed by atoms with E-state index in [2.05, 4.69) is 9.78 Å². The van der Waals surface area contributed by atoms with Gasteiger partial charge in [-0.3, -0.25) is 0 Å². The molecular formula is C5H10O3.